The zero-order valence-corrected chi connectivity index (χ0v) is 9.24. The van der Waals surface area contributed by atoms with Crippen LogP contribution < -0.4 is 5.32 Å². The fourth-order valence-electron chi connectivity index (χ4n) is 1.52. The Morgan fingerprint density at radius 1 is 1.60 bits per heavy atom. The number of ether oxygens (including phenoxy) is 1. The van der Waals surface area contributed by atoms with Crippen LogP contribution in [0.25, 0.3) is 0 Å². The molecule has 1 atom stereocenters. The van der Waals surface area contributed by atoms with Crippen molar-refractivity contribution in [3.63, 3.8) is 0 Å². The van der Waals surface area contributed by atoms with E-state index in [0.29, 0.717) is 6.04 Å². The summed E-state index contributed by atoms with van der Waals surface area (Å²) in [6, 6.07) is 2.33. The lowest BCUT2D eigenvalue weighted by atomic mass is 10.2. The average molecular weight is 209 g/mol. The molecule has 1 aliphatic rings. The summed E-state index contributed by atoms with van der Waals surface area (Å²) in [6.07, 6.45) is 6.21. The molecular weight excluding hydrogens is 190 g/mol. The van der Waals surface area contributed by atoms with Crippen LogP contribution in [0, 0.1) is 5.92 Å². The second kappa shape index (κ2) is 5.33. The first-order valence-corrected chi connectivity index (χ1v) is 5.69. The van der Waals surface area contributed by atoms with E-state index in [9.17, 15) is 0 Å². The highest BCUT2D eigenvalue weighted by molar-refractivity contribution is 5.09. The second-order valence-corrected chi connectivity index (χ2v) is 4.25. The maximum absolute atomic E-state index is 5.54. The van der Waals surface area contributed by atoms with Gasteiger partial charge in [0.05, 0.1) is 19.1 Å². The van der Waals surface area contributed by atoms with Gasteiger partial charge in [0.15, 0.2) is 0 Å². The standard InChI is InChI=1S/C12H19NO2/c1-10(12-4-6-14-9-12)13-5-7-15-8-11-2-3-11/h4,6,9-11,13H,2-3,5,7-8H2,1H3. The average Bonchev–Trinajstić information content (AvgIpc) is 2.90. The summed E-state index contributed by atoms with van der Waals surface area (Å²) in [6.45, 7) is 4.78. The van der Waals surface area contributed by atoms with Gasteiger partial charge in [-0.1, -0.05) is 0 Å². The Bertz CT molecular complexity index is 267. The maximum atomic E-state index is 5.54. The molecule has 1 aromatic rings. The summed E-state index contributed by atoms with van der Waals surface area (Å²) in [5.74, 6) is 0.858. The fraction of sp³-hybridized carbons (Fsp3) is 0.667. The molecule has 0 bridgehead atoms. The van der Waals surface area contributed by atoms with Gasteiger partial charge in [-0.2, -0.15) is 0 Å². The smallest absolute Gasteiger partial charge is 0.0950 e. The van der Waals surface area contributed by atoms with Gasteiger partial charge in [0.25, 0.3) is 0 Å². The van der Waals surface area contributed by atoms with E-state index in [0.717, 1.165) is 25.7 Å². The summed E-state index contributed by atoms with van der Waals surface area (Å²) < 4.78 is 10.6. The maximum Gasteiger partial charge on any atom is 0.0950 e. The molecule has 84 valence electrons. The number of furan rings is 1. The fourth-order valence-corrected chi connectivity index (χ4v) is 1.52. The van der Waals surface area contributed by atoms with Crippen molar-refractivity contribution in [3.05, 3.63) is 24.2 Å². The lowest BCUT2D eigenvalue weighted by Gasteiger charge is -2.11. The van der Waals surface area contributed by atoms with Crippen LogP contribution in [-0.4, -0.2) is 19.8 Å². The normalized spacial score (nSPS) is 17.9. The van der Waals surface area contributed by atoms with E-state index in [2.05, 4.69) is 12.2 Å². The summed E-state index contributed by atoms with van der Waals surface area (Å²) in [4.78, 5) is 0. The monoisotopic (exact) mass is 209 g/mol. The van der Waals surface area contributed by atoms with Crippen molar-refractivity contribution in [2.24, 2.45) is 5.92 Å². The van der Waals surface area contributed by atoms with E-state index in [-0.39, 0.29) is 0 Å². The highest BCUT2D eigenvalue weighted by Gasteiger charge is 2.20. The Morgan fingerprint density at radius 3 is 3.13 bits per heavy atom. The molecular formula is C12H19NO2. The summed E-state index contributed by atoms with van der Waals surface area (Å²) in [5.41, 5.74) is 1.19. The quantitative estimate of drug-likeness (QED) is 0.700. The van der Waals surface area contributed by atoms with E-state index >= 15 is 0 Å². The van der Waals surface area contributed by atoms with Gasteiger partial charge in [0.1, 0.15) is 0 Å². The van der Waals surface area contributed by atoms with Gasteiger partial charge in [-0.05, 0) is 31.7 Å². The lowest BCUT2D eigenvalue weighted by Crippen LogP contribution is -2.23. The molecule has 1 N–H and O–H groups in total. The Hall–Kier alpha value is -0.800. The molecule has 0 aliphatic heterocycles. The number of hydrogen-bond acceptors (Lipinski definition) is 3. The first-order chi connectivity index (χ1) is 7.36. The molecule has 1 heterocycles. The van der Waals surface area contributed by atoms with Crippen LogP contribution in [-0.2, 0) is 4.74 Å². The van der Waals surface area contributed by atoms with Crippen LogP contribution in [0.1, 0.15) is 31.4 Å². The first kappa shape index (κ1) is 10.7. The van der Waals surface area contributed by atoms with Crippen molar-refractivity contribution in [1.82, 2.24) is 5.32 Å². The van der Waals surface area contributed by atoms with Gasteiger partial charge >= 0.3 is 0 Å². The molecule has 3 heteroatoms. The summed E-state index contributed by atoms with van der Waals surface area (Å²) in [5, 5.41) is 3.39. The van der Waals surface area contributed by atoms with Crippen LogP contribution in [0.5, 0.6) is 0 Å². The van der Waals surface area contributed by atoms with Crippen molar-refractivity contribution >= 4 is 0 Å². The number of rotatable bonds is 7. The zero-order valence-electron chi connectivity index (χ0n) is 9.24. The number of hydrogen-bond donors (Lipinski definition) is 1. The molecule has 3 nitrogen and oxygen atoms in total. The molecule has 0 saturated heterocycles. The van der Waals surface area contributed by atoms with Crippen molar-refractivity contribution in [3.8, 4) is 0 Å². The van der Waals surface area contributed by atoms with Crippen molar-refractivity contribution < 1.29 is 9.15 Å². The van der Waals surface area contributed by atoms with Crippen LogP contribution >= 0.6 is 0 Å². The third-order valence-corrected chi connectivity index (χ3v) is 2.79. The van der Waals surface area contributed by atoms with Crippen LogP contribution in [0.3, 0.4) is 0 Å². The molecule has 0 spiro atoms. The highest BCUT2D eigenvalue weighted by atomic mass is 16.5. The van der Waals surface area contributed by atoms with Gasteiger partial charge in [-0.25, -0.2) is 0 Å². The largest absolute Gasteiger partial charge is 0.472 e. The Labute approximate surface area is 90.8 Å². The Kier molecular flexibility index (Phi) is 3.80. The van der Waals surface area contributed by atoms with E-state index in [1.165, 1.54) is 18.4 Å². The minimum absolute atomic E-state index is 0.341. The van der Waals surface area contributed by atoms with E-state index in [1.54, 1.807) is 12.5 Å². The third kappa shape index (κ3) is 3.68. The molecule has 2 rings (SSSR count). The van der Waals surface area contributed by atoms with Gasteiger partial charge in [-0.3, -0.25) is 0 Å². The van der Waals surface area contributed by atoms with E-state index < -0.39 is 0 Å². The Morgan fingerprint density at radius 2 is 2.47 bits per heavy atom. The highest BCUT2D eigenvalue weighted by Crippen LogP contribution is 2.28. The third-order valence-electron chi connectivity index (χ3n) is 2.79. The van der Waals surface area contributed by atoms with E-state index in [4.69, 9.17) is 9.15 Å². The SMILES string of the molecule is CC(NCCOCC1CC1)c1ccoc1. The lowest BCUT2D eigenvalue weighted by molar-refractivity contribution is 0.124. The topological polar surface area (TPSA) is 34.4 Å². The second-order valence-electron chi connectivity index (χ2n) is 4.25. The zero-order chi connectivity index (χ0) is 10.5. The van der Waals surface area contributed by atoms with Gasteiger partial charge < -0.3 is 14.5 Å². The molecule has 1 fully saturated rings. The van der Waals surface area contributed by atoms with Crippen LogP contribution in [0.15, 0.2) is 23.0 Å². The predicted molar refractivity (Wildman–Crippen MR) is 58.7 cm³/mol. The van der Waals surface area contributed by atoms with Crippen LogP contribution in [0.2, 0.25) is 0 Å². The van der Waals surface area contributed by atoms with Gasteiger partial charge in [-0.15, -0.1) is 0 Å². The number of nitrogens with one attached hydrogen (secondary N) is 1. The first-order valence-electron chi connectivity index (χ1n) is 5.69. The van der Waals surface area contributed by atoms with Gasteiger partial charge in [0, 0.05) is 24.8 Å². The molecule has 1 saturated carbocycles. The molecule has 15 heavy (non-hydrogen) atoms. The molecule has 0 aromatic carbocycles. The van der Waals surface area contributed by atoms with Crippen LogP contribution in [0.4, 0.5) is 0 Å². The molecule has 1 unspecified atom stereocenters. The molecule has 0 amide bonds. The Balaban J connectivity index is 1.53. The van der Waals surface area contributed by atoms with Gasteiger partial charge in [0.2, 0.25) is 0 Å². The summed E-state index contributed by atoms with van der Waals surface area (Å²) >= 11 is 0. The minimum Gasteiger partial charge on any atom is -0.472 e. The van der Waals surface area contributed by atoms with Crippen molar-refractivity contribution in [1.29, 1.82) is 0 Å². The molecule has 1 aromatic heterocycles. The van der Waals surface area contributed by atoms with E-state index in [1.807, 2.05) is 6.07 Å². The predicted octanol–water partition coefficient (Wildman–Crippen LogP) is 2.36. The molecule has 1 aliphatic carbocycles. The molecule has 0 radical (unpaired) electrons. The van der Waals surface area contributed by atoms with Crippen molar-refractivity contribution in [2.75, 3.05) is 19.8 Å². The summed E-state index contributed by atoms with van der Waals surface area (Å²) in [7, 11) is 0. The van der Waals surface area contributed by atoms with Crippen molar-refractivity contribution in [2.45, 2.75) is 25.8 Å². The minimum atomic E-state index is 0.341.